The molecular formula is C20H39N5. The molecule has 2 atom stereocenters. The standard InChI is InChI=1S/C20H39N5/c1-3-21-20(22-11-6-13-24-12-5-4-7-17(24)2)23-15-18-10-14-25(16-18)19-8-9-19/h17-19H,3-16H2,1-2H3,(H2,21,22,23). The van der Waals surface area contributed by atoms with Crippen molar-refractivity contribution in [3.63, 3.8) is 0 Å². The molecule has 5 heteroatoms. The maximum atomic E-state index is 4.86. The zero-order valence-electron chi connectivity index (χ0n) is 16.5. The summed E-state index contributed by atoms with van der Waals surface area (Å²) in [5.74, 6) is 1.77. The van der Waals surface area contributed by atoms with Crippen LogP contribution in [0.2, 0.25) is 0 Å². The van der Waals surface area contributed by atoms with Crippen molar-refractivity contribution in [2.75, 3.05) is 45.8 Å². The van der Waals surface area contributed by atoms with E-state index in [-0.39, 0.29) is 0 Å². The molecule has 0 aromatic rings. The summed E-state index contributed by atoms with van der Waals surface area (Å²) in [5, 5.41) is 6.96. The summed E-state index contributed by atoms with van der Waals surface area (Å²) in [7, 11) is 0. The van der Waals surface area contributed by atoms with Gasteiger partial charge in [-0.2, -0.15) is 0 Å². The third-order valence-electron chi connectivity index (χ3n) is 6.09. The molecule has 1 saturated carbocycles. The Morgan fingerprint density at radius 1 is 1.08 bits per heavy atom. The Balaban J connectivity index is 1.34. The van der Waals surface area contributed by atoms with Crippen molar-refractivity contribution in [2.45, 2.75) is 70.9 Å². The molecule has 0 amide bonds. The summed E-state index contributed by atoms with van der Waals surface area (Å²) in [6.07, 6.45) is 9.54. The van der Waals surface area contributed by atoms with Gasteiger partial charge in [-0.1, -0.05) is 6.42 Å². The van der Waals surface area contributed by atoms with Crippen LogP contribution in [0.4, 0.5) is 0 Å². The summed E-state index contributed by atoms with van der Waals surface area (Å²) in [5.41, 5.74) is 0. The molecule has 3 fully saturated rings. The van der Waals surface area contributed by atoms with E-state index in [0.29, 0.717) is 0 Å². The van der Waals surface area contributed by atoms with E-state index >= 15 is 0 Å². The largest absolute Gasteiger partial charge is 0.357 e. The lowest BCUT2D eigenvalue weighted by atomic mass is 10.0. The first-order valence-electron chi connectivity index (χ1n) is 10.8. The fourth-order valence-electron chi connectivity index (χ4n) is 4.32. The van der Waals surface area contributed by atoms with Crippen molar-refractivity contribution in [2.24, 2.45) is 10.9 Å². The van der Waals surface area contributed by atoms with E-state index in [1.165, 1.54) is 71.1 Å². The Morgan fingerprint density at radius 3 is 2.72 bits per heavy atom. The van der Waals surface area contributed by atoms with E-state index in [0.717, 1.165) is 43.6 Å². The minimum atomic E-state index is 0.755. The molecule has 25 heavy (non-hydrogen) atoms. The van der Waals surface area contributed by atoms with Crippen LogP contribution in [0.5, 0.6) is 0 Å². The Morgan fingerprint density at radius 2 is 1.96 bits per heavy atom. The first-order valence-corrected chi connectivity index (χ1v) is 10.8. The van der Waals surface area contributed by atoms with Crippen molar-refractivity contribution in [1.82, 2.24) is 20.4 Å². The lowest BCUT2D eigenvalue weighted by molar-refractivity contribution is 0.159. The van der Waals surface area contributed by atoms with E-state index in [1.54, 1.807) is 0 Å². The van der Waals surface area contributed by atoms with E-state index in [1.807, 2.05) is 0 Å². The van der Waals surface area contributed by atoms with Gasteiger partial charge in [0.15, 0.2) is 5.96 Å². The quantitative estimate of drug-likeness (QED) is 0.401. The number of nitrogens with zero attached hydrogens (tertiary/aromatic N) is 3. The summed E-state index contributed by atoms with van der Waals surface area (Å²) >= 11 is 0. The van der Waals surface area contributed by atoms with Crippen molar-refractivity contribution in [3.8, 4) is 0 Å². The molecule has 2 N–H and O–H groups in total. The third-order valence-corrected chi connectivity index (χ3v) is 6.09. The van der Waals surface area contributed by atoms with Crippen LogP contribution in [0, 0.1) is 5.92 Å². The fraction of sp³-hybridized carbons (Fsp3) is 0.950. The highest BCUT2D eigenvalue weighted by Crippen LogP contribution is 2.31. The Kier molecular flexibility index (Phi) is 7.41. The second kappa shape index (κ2) is 9.77. The highest BCUT2D eigenvalue weighted by molar-refractivity contribution is 5.79. The molecule has 2 heterocycles. The topological polar surface area (TPSA) is 42.9 Å². The molecule has 0 aromatic heterocycles. The number of rotatable bonds is 8. The monoisotopic (exact) mass is 349 g/mol. The number of hydrogen-bond acceptors (Lipinski definition) is 3. The molecule has 5 nitrogen and oxygen atoms in total. The Labute approximate surface area is 154 Å². The molecular weight excluding hydrogens is 310 g/mol. The van der Waals surface area contributed by atoms with Gasteiger partial charge in [-0.05, 0) is 71.4 Å². The van der Waals surface area contributed by atoms with Gasteiger partial charge >= 0.3 is 0 Å². The Hall–Kier alpha value is -0.810. The molecule has 2 unspecified atom stereocenters. The highest BCUT2D eigenvalue weighted by Gasteiger charge is 2.34. The smallest absolute Gasteiger partial charge is 0.191 e. The zero-order chi connectivity index (χ0) is 17.5. The van der Waals surface area contributed by atoms with Gasteiger partial charge in [0.05, 0.1) is 0 Å². The molecule has 0 radical (unpaired) electrons. The van der Waals surface area contributed by atoms with E-state index in [2.05, 4.69) is 34.3 Å². The predicted molar refractivity (Wildman–Crippen MR) is 106 cm³/mol. The molecule has 3 rings (SSSR count). The van der Waals surface area contributed by atoms with Crippen LogP contribution in [-0.4, -0.2) is 73.7 Å². The number of piperidine rings is 1. The van der Waals surface area contributed by atoms with Crippen LogP contribution in [0.15, 0.2) is 4.99 Å². The number of aliphatic imine (C=N–C) groups is 1. The molecule has 2 aliphatic heterocycles. The van der Waals surface area contributed by atoms with Gasteiger partial charge in [-0.3, -0.25) is 4.99 Å². The SMILES string of the molecule is CCNC(=NCC1CCN(C2CC2)C1)NCCCN1CCCCC1C. The molecule has 3 aliphatic rings. The lowest BCUT2D eigenvalue weighted by Gasteiger charge is -2.33. The Bertz CT molecular complexity index is 420. The first kappa shape index (κ1) is 19.0. The molecule has 0 spiro atoms. The van der Waals surface area contributed by atoms with Crippen molar-refractivity contribution >= 4 is 5.96 Å². The number of guanidine groups is 1. The average molecular weight is 350 g/mol. The van der Waals surface area contributed by atoms with Gasteiger partial charge in [0.25, 0.3) is 0 Å². The molecule has 2 saturated heterocycles. The van der Waals surface area contributed by atoms with Crippen LogP contribution < -0.4 is 10.6 Å². The van der Waals surface area contributed by atoms with Gasteiger partial charge in [0.1, 0.15) is 0 Å². The number of nitrogens with one attached hydrogen (secondary N) is 2. The lowest BCUT2D eigenvalue weighted by Crippen LogP contribution is -2.41. The van der Waals surface area contributed by atoms with Gasteiger partial charge in [-0.25, -0.2) is 0 Å². The third kappa shape index (κ3) is 6.14. The normalized spacial score (nSPS) is 29.1. The molecule has 1 aliphatic carbocycles. The first-order chi connectivity index (χ1) is 12.3. The molecule has 0 aromatic carbocycles. The maximum Gasteiger partial charge on any atom is 0.191 e. The predicted octanol–water partition coefficient (Wildman–Crippen LogP) is 2.29. The highest BCUT2D eigenvalue weighted by atomic mass is 15.2. The minimum absolute atomic E-state index is 0.755. The van der Waals surface area contributed by atoms with Crippen LogP contribution in [0.3, 0.4) is 0 Å². The van der Waals surface area contributed by atoms with Crippen LogP contribution in [0.25, 0.3) is 0 Å². The summed E-state index contributed by atoms with van der Waals surface area (Å²) < 4.78 is 0. The van der Waals surface area contributed by atoms with E-state index < -0.39 is 0 Å². The molecule has 0 bridgehead atoms. The fourth-order valence-corrected chi connectivity index (χ4v) is 4.32. The average Bonchev–Trinajstić information content (AvgIpc) is 3.36. The van der Waals surface area contributed by atoms with Gasteiger partial charge in [0.2, 0.25) is 0 Å². The number of hydrogen-bond donors (Lipinski definition) is 2. The van der Waals surface area contributed by atoms with E-state index in [4.69, 9.17) is 4.99 Å². The van der Waals surface area contributed by atoms with Gasteiger partial charge in [-0.15, -0.1) is 0 Å². The van der Waals surface area contributed by atoms with Gasteiger partial charge < -0.3 is 20.4 Å². The summed E-state index contributed by atoms with van der Waals surface area (Å²) in [4.78, 5) is 10.2. The van der Waals surface area contributed by atoms with E-state index in [9.17, 15) is 0 Å². The number of likely N-dealkylation sites (tertiary alicyclic amines) is 2. The molecule has 144 valence electrons. The summed E-state index contributed by atoms with van der Waals surface area (Å²) in [6.45, 7) is 12.5. The summed E-state index contributed by atoms with van der Waals surface area (Å²) in [6, 6.07) is 1.69. The van der Waals surface area contributed by atoms with Crippen molar-refractivity contribution in [1.29, 1.82) is 0 Å². The zero-order valence-corrected chi connectivity index (χ0v) is 16.5. The maximum absolute atomic E-state index is 4.86. The van der Waals surface area contributed by atoms with Crippen molar-refractivity contribution < 1.29 is 0 Å². The minimum Gasteiger partial charge on any atom is -0.357 e. The van der Waals surface area contributed by atoms with Crippen LogP contribution in [-0.2, 0) is 0 Å². The van der Waals surface area contributed by atoms with Gasteiger partial charge in [0, 0.05) is 44.8 Å². The van der Waals surface area contributed by atoms with Crippen LogP contribution >= 0.6 is 0 Å². The van der Waals surface area contributed by atoms with Crippen LogP contribution in [0.1, 0.15) is 58.8 Å². The van der Waals surface area contributed by atoms with Crippen molar-refractivity contribution in [3.05, 3.63) is 0 Å². The second-order valence-electron chi connectivity index (χ2n) is 8.26. The second-order valence-corrected chi connectivity index (χ2v) is 8.26.